The molecule has 0 spiro atoms. The van der Waals surface area contributed by atoms with Gasteiger partial charge in [-0.05, 0) is 31.0 Å². The zero-order valence-corrected chi connectivity index (χ0v) is 11.9. The molecule has 0 saturated heterocycles. The lowest BCUT2D eigenvalue weighted by Gasteiger charge is -2.25. The van der Waals surface area contributed by atoms with Gasteiger partial charge in [0.1, 0.15) is 12.4 Å². The highest BCUT2D eigenvalue weighted by Gasteiger charge is 2.11. The molecule has 0 aliphatic rings. The quantitative estimate of drug-likeness (QED) is 0.666. The smallest absolute Gasteiger partial charge is 0.150 e. The van der Waals surface area contributed by atoms with Gasteiger partial charge in [0.25, 0.3) is 0 Å². The third kappa shape index (κ3) is 4.40. The van der Waals surface area contributed by atoms with Crippen LogP contribution < -0.4 is 4.90 Å². The highest BCUT2D eigenvalue weighted by molar-refractivity contribution is 5.78. The summed E-state index contributed by atoms with van der Waals surface area (Å²) in [6.07, 6.45) is 5.29. The van der Waals surface area contributed by atoms with Gasteiger partial charge in [-0.15, -0.1) is 0 Å². The van der Waals surface area contributed by atoms with Crippen molar-refractivity contribution < 1.29 is 4.79 Å². The first kappa shape index (κ1) is 15.2. The number of hydrogen-bond acceptors (Lipinski definition) is 3. The Hall–Kier alpha value is -1.82. The van der Waals surface area contributed by atoms with Crippen molar-refractivity contribution in [2.24, 2.45) is 0 Å². The maximum atomic E-state index is 10.8. The minimum Gasteiger partial charge on any atom is -0.370 e. The number of rotatable bonds is 8. The molecule has 19 heavy (non-hydrogen) atoms. The molecule has 0 fully saturated rings. The zero-order valence-electron chi connectivity index (χ0n) is 11.9. The van der Waals surface area contributed by atoms with E-state index in [9.17, 15) is 10.1 Å². The Balaban J connectivity index is 2.99. The minimum absolute atomic E-state index is 0.561. The molecule has 0 aromatic heterocycles. The molecule has 0 aliphatic heterocycles. The van der Waals surface area contributed by atoms with E-state index >= 15 is 0 Å². The fourth-order valence-corrected chi connectivity index (χ4v) is 2.04. The monoisotopic (exact) mass is 258 g/mol. The Kier molecular flexibility index (Phi) is 6.67. The van der Waals surface area contributed by atoms with Crippen LogP contribution in [0.25, 0.3) is 0 Å². The zero-order chi connectivity index (χ0) is 14.1. The maximum absolute atomic E-state index is 10.8. The summed E-state index contributed by atoms with van der Waals surface area (Å²) in [4.78, 5) is 13.0. The fourth-order valence-electron chi connectivity index (χ4n) is 2.04. The second kappa shape index (κ2) is 8.31. The average Bonchev–Trinajstić information content (AvgIpc) is 2.47. The topological polar surface area (TPSA) is 44.1 Å². The van der Waals surface area contributed by atoms with Gasteiger partial charge in [-0.1, -0.05) is 26.7 Å². The van der Waals surface area contributed by atoms with Gasteiger partial charge in [0.2, 0.25) is 0 Å². The summed E-state index contributed by atoms with van der Waals surface area (Å²) in [5.74, 6) is 0. The van der Waals surface area contributed by atoms with Crippen molar-refractivity contribution in [1.82, 2.24) is 0 Å². The summed E-state index contributed by atoms with van der Waals surface area (Å²) in [6, 6.07) is 7.56. The first-order valence-electron chi connectivity index (χ1n) is 7.01. The summed E-state index contributed by atoms with van der Waals surface area (Å²) in [5.41, 5.74) is 2.11. The molecule has 0 N–H and O–H groups in total. The van der Waals surface area contributed by atoms with Crippen molar-refractivity contribution in [2.45, 2.75) is 39.5 Å². The van der Waals surface area contributed by atoms with E-state index in [1.165, 1.54) is 0 Å². The number of nitriles is 1. The van der Waals surface area contributed by atoms with Gasteiger partial charge < -0.3 is 4.90 Å². The van der Waals surface area contributed by atoms with Crippen LogP contribution in [0.15, 0.2) is 18.2 Å². The van der Waals surface area contributed by atoms with Crippen molar-refractivity contribution in [1.29, 1.82) is 5.26 Å². The predicted molar refractivity (Wildman–Crippen MR) is 78.6 cm³/mol. The molecule has 1 rings (SSSR count). The molecule has 0 aliphatic carbocycles. The first-order chi connectivity index (χ1) is 9.26. The van der Waals surface area contributed by atoms with Crippen LogP contribution in [-0.2, 0) is 0 Å². The van der Waals surface area contributed by atoms with Crippen molar-refractivity contribution in [3.8, 4) is 6.07 Å². The SMILES string of the molecule is CCCCN(CCCC)c1ccc(C=O)cc1C#N. The third-order valence-electron chi connectivity index (χ3n) is 3.18. The molecule has 0 heterocycles. The van der Waals surface area contributed by atoms with Crippen LogP contribution in [0.1, 0.15) is 55.5 Å². The molecule has 0 unspecified atom stereocenters. The molecular weight excluding hydrogens is 236 g/mol. The van der Waals surface area contributed by atoms with Crippen molar-refractivity contribution in [3.05, 3.63) is 29.3 Å². The van der Waals surface area contributed by atoms with Crippen LogP contribution in [-0.4, -0.2) is 19.4 Å². The molecule has 0 radical (unpaired) electrons. The van der Waals surface area contributed by atoms with Crippen molar-refractivity contribution >= 4 is 12.0 Å². The average molecular weight is 258 g/mol. The van der Waals surface area contributed by atoms with Crippen LogP contribution in [0, 0.1) is 11.3 Å². The van der Waals surface area contributed by atoms with E-state index in [2.05, 4.69) is 24.8 Å². The van der Waals surface area contributed by atoms with Gasteiger partial charge in [-0.3, -0.25) is 4.79 Å². The van der Waals surface area contributed by atoms with Crippen LogP contribution in [0.2, 0.25) is 0 Å². The predicted octanol–water partition coefficient (Wildman–Crippen LogP) is 3.78. The molecule has 3 nitrogen and oxygen atoms in total. The number of anilines is 1. The highest BCUT2D eigenvalue weighted by Crippen LogP contribution is 2.22. The standard InChI is InChI=1S/C16H22N2O/c1-3-5-9-18(10-6-4-2)16-8-7-14(13-19)11-15(16)12-17/h7-8,11,13H,3-6,9-10H2,1-2H3. The second-order valence-corrected chi connectivity index (χ2v) is 4.70. The van der Waals surface area contributed by atoms with Crippen LogP contribution in [0.5, 0.6) is 0 Å². The van der Waals surface area contributed by atoms with Crippen molar-refractivity contribution in [3.63, 3.8) is 0 Å². The van der Waals surface area contributed by atoms with E-state index in [-0.39, 0.29) is 0 Å². The van der Waals surface area contributed by atoms with E-state index in [4.69, 9.17) is 0 Å². The van der Waals surface area contributed by atoms with Gasteiger partial charge in [0.05, 0.1) is 11.3 Å². The first-order valence-corrected chi connectivity index (χ1v) is 7.01. The Morgan fingerprint density at radius 2 is 1.84 bits per heavy atom. The van der Waals surface area contributed by atoms with Gasteiger partial charge in [-0.2, -0.15) is 5.26 Å². The lowest BCUT2D eigenvalue weighted by Crippen LogP contribution is -2.26. The Bertz CT molecular complexity index is 441. The summed E-state index contributed by atoms with van der Waals surface area (Å²) in [6.45, 7) is 6.26. The Morgan fingerprint density at radius 1 is 1.21 bits per heavy atom. The number of benzene rings is 1. The summed E-state index contributed by atoms with van der Waals surface area (Å²) in [5, 5.41) is 9.25. The van der Waals surface area contributed by atoms with E-state index in [0.717, 1.165) is 50.7 Å². The Morgan fingerprint density at radius 3 is 2.32 bits per heavy atom. The number of aldehydes is 1. The van der Waals surface area contributed by atoms with Crippen LogP contribution in [0.4, 0.5) is 5.69 Å². The summed E-state index contributed by atoms with van der Waals surface area (Å²) >= 11 is 0. The Labute approximate surface area is 115 Å². The van der Waals surface area contributed by atoms with Gasteiger partial charge in [-0.25, -0.2) is 0 Å². The van der Waals surface area contributed by atoms with E-state index in [0.29, 0.717) is 11.1 Å². The fraction of sp³-hybridized carbons (Fsp3) is 0.500. The van der Waals surface area contributed by atoms with Crippen molar-refractivity contribution in [2.75, 3.05) is 18.0 Å². The van der Waals surface area contributed by atoms with Crippen LogP contribution in [0.3, 0.4) is 0 Å². The van der Waals surface area contributed by atoms with E-state index in [1.54, 1.807) is 12.1 Å². The summed E-state index contributed by atoms with van der Waals surface area (Å²) in [7, 11) is 0. The maximum Gasteiger partial charge on any atom is 0.150 e. The lowest BCUT2D eigenvalue weighted by molar-refractivity contribution is 0.112. The molecule has 0 bridgehead atoms. The number of unbranched alkanes of at least 4 members (excludes halogenated alkanes) is 2. The largest absolute Gasteiger partial charge is 0.370 e. The number of carbonyl (C=O) groups excluding carboxylic acids is 1. The van der Waals surface area contributed by atoms with Gasteiger partial charge in [0.15, 0.2) is 0 Å². The minimum atomic E-state index is 0.561. The van der Waals surface area contributed by atoms with Gasteiger partial charge >= 0.3 is 0 Å². The number of hydrogen-bond donors (Lipinski definition) is 0. The third-order valence-corrected chi connectivity index (χ3v) is 3.18. The molecule has 1 aromatic rings. The van der Waals surface area contributed by atoms with E-state index in [1.807, 2.05) is 6.07 Å². The normalized spacial score (nSPS) is 9.95. The molecule has 0 saturated carbocycles. The molecule has 3 heteroatoms. The highest BCUT2D eigenvalue weighted by atomic mass is 16.1. The molecule has 0 atom stereocenters. The molecule has 1 aromatic carbocycles. The number of carbonyl (C=O) groups is 1. The molecule has 0 amide bonds. The second-order valence-electron chi connectivity index (χ2n) is 4.70. The molecule has 102 valence electrons. The van der Waals surface area contributed by atoms with Gasteiger partial charge in [0, 0.05) is 18.7 Å². The number of nitrogens with zero attached hydrogens (tertiary/aromatic N) is 2. The van der Waals surface area contributed by atoms with Crippen LogP contribution >= 0.6 is 0 Å². The lowest BCUT2D eigenvalue weighted by atomic mass is 10.1. The summed E-state index contributed by atoms with van der Waals surface area (Å²) < 4.78 is 0. The van der Waals surface area contributed by atoms with E-state index < -0.39 is 0 Å². The molecular formula is C16H22N2O.